The Hall–Kier alpha value is -4.07. The van der Waals surface area contributed by atoms with Crippen LogP contribution in [0.5, 0.6) is 11.5 Å². The van der Waals surface area contributed by atoms with Gasteiger partial charge in [0.25, 0.3) is 5.69 Å². The molecule has 8 heteroatoms. The van der Waals surface area contributed by atoms with E-state index < -0.39 is 10.4 Å². The van der Waals surface area contributed by atoms with Crippen LogP contribution in [0.15, 0.2) is 59.4 Å². The summed E-state index contributed by atoms with van der Waals surface area (Å²) in [5.74, 6) is 0.561. The van der Waals surface area contributed by atoms with Gasteiger partial charge in [0.2, 0.25) is 0 Å². The first-order chi connectivity index (χ1) is 13.5. The van der Waals surface area contributed by atoms with Crippen molar-refractivity contribution in [2.24, 2.45) is 0 Å². The van der Waals surface area contributed by atoms with Gasteiger partial charge in [0.15, 0.2) is 5.43 Å². The predicted octanol–water partition coefficient (Wildman–Crippen LogP) is 4.05. The number of benzene rings is 3. The lowest BCUT2D eigenvalue weighted by atomic mass is 10.1. The number of H-pyrrole nitrogens is 1. The number of non-ortho nitro benzene ring substituents is 1. The van der Waals surface area contributed by atoms with Crippen LogP contribution < -0.4 is 15.5 Å². The third-order valence-corrected chi connectivity index (χ3v) is 4.46. The molecule has 0 radical (unpaired) electrons. The summed E-state index contributed by atoms with van der Waals surface area (Å²) in [4.78, 5) is 27.0. The number of nitro benzene ring substituents is 1. The van der Waals surface area contributed by atoms with Crippen LogP contribution in [0.4, 0.5) is 17.1 Å². The van der Waals surface area contributed by atoms with Gasteiger partial charge in [-0.25, -0.2) is 0 Å². The molecule has 3 aromatic carbocycles. The standard InChI is InChI=1S/C20H15N3O5/c1-28-13-4-2-3-11(9-13)21-16-7-8-17(23(26)27)19-18(16)20(25)14-10-12(24)5-6-15(14)22-19/h2-10,21,24H,1H3,(H,22,25). The molecule has 4 aromatic rings. The van der Waals surface area contributed by atoms with Gasteiger partial charge < -0.3 is 20.1 Å². The fourth-order valence-electron chi connectivity index (χ4n) is 3.17. The van der Waals surface area contributed by atoms with Crippen molar-refractivity contribution in [2.45, 2.75) is 0 Å². The van der Waals surface area contributed by atoms with Crippen molar-refractivity contribution in [1.82, 2.24) is 4.98 Å². The third kappa shape index (κ3) is 2.86. The predicted molar refractivity (Wildman–Crippen MR) is 107 cm³/mol. The highest BCUT2D eigenvalue weighted by Crippen LogP contribution is 2.32. The number of rotatable bonds is 4. The highest BCUT2D eigenvalue weighted by molar-refractivity contribution is 6.04. The molecule has 28 heavy (non-hydrogen) atoms. The number of nitro groups is 1. The highest BCUT2D eigenvalue weighted by atomic mass is 16.6. The summed E-state index contributed by atoms with van der Waals surface area (Å²) in [6.07, 6.45) is 0. The molecule has 0 aliphatic heterocycles. The van der Waals surface area contributed by atoms with Crippen molar-refractivity contribution in [3.8, 4) is 11.5 Å². The first-order valence-corrected chi connectivity index (χ1v) is 8.35. The van der Waals surface area contributed by atoms with E-state index in [1.165, 1.54) is 30.3 Å². The number of aromatic nitrogens is 1. The number of nitrogens with zero attached hydrogens (tertiary/aromatic N) is 1. The zero-order chi connectivity index (χ0) is 19.8. The number of hydrogen-bond acceptors (Lipinski definition) is 6. The smallest absolute Gasteiger partial charge is 0.293 e. The molecule has 1 heterocycles. The molecule has 0 amide bonds. The number of fused-ring (bicyclic) bond motifs is 2. The molecule has 0 fully saturated rings. The van der Waals surface area contributed by atoms with Crippen molar-refractivity contribution in [2.75, 3.05) is 12.4 Å². The number of phenolic OH excluding ortho intramolecular Hbond substituents is 1. The Labute approximate surface area is 158 Å². The average molecular weight is 377 g/mol. The first-order valence-electron chi connectivity index (χ1n) is 8.35. The monoisotopic (exact) mass is 377 g/mol. The summed E-state index contributed by atoms with van der Waals surface area (Å²) >= 11 is 0. The second-order valence-corrected chi connectivity index (χ2v) is 6.18. The summed E-state index contributed by atoms with van der Waals surface area (Å²) in [6, 6.07) is 14.2. The van der Waals surface area contributed by atoms with Crippen molar-refractivity contribution in [3.05, 3.63) is 74.9 Å². The van der Waals surface area contributed by atoms with Crippen LogP contribution in [0.25, 0.3) is 21.8 Å². The molecule has 8 nitrogen and oxygen atoms in total. The third-order valence-electron chi connectivity index (χ3n) is 4.46. The van der Waals surface area contributed by atoms with Crippen LogP contribution in [-0.4, -0.2) is 22.1 Å². The molecule has 0 unspecified atom stereocenters. The zero-order valence-corrected chi connectivity index (χ0v) is 14.7. The fraction of sp³-hybridized carbons (Fsp3) is 0.0500. The lowest BCUT2D eigenvalue weighted by Crippen LogP contribution is -2.08. The van der Waals surface area contributed by atoms with Gasteiger partial charge in [-0.05, 0) is 36.4 Å². The number of pyridine rings is 1. The lowest BCUT2D eigenvalue weighted by Gasteiger charge is -2.12. The van der Waals surface area contributed by atoms with Gasteiger partial charge in [0, 0.05) is 23.2 Å². The summed E-state index contributed by atoms with van der Waals surface area (Å²) in [7, 11) is 1.55. The summed E-state index contributed by atoms with van der Waals surface area (Å²) < 4.78 is 5.20. The normalized spacial score (nSPS) is 10.9. The largest absolute Gasteiger partial charge is 0.508 e. The van der Waals surface area contributed by atoms with Gasteiger partial charge in [-0.15, -0.1) is 0 Å². The van der Waals surface area contributed by atoms with Crippen molar-refractivity contribution in [1.29, 1.82) is 0 Å². The van der Waals surface area contributed by atoms with E-state index in [1.54, 1.807) is 31.4 Å². The van der Waals surface area contributed by atoms with Gasteiger partial charge in [0.1, 0.15) is 17.0 Å². The quantitative estimate of drug-likeness (QED) is 0.281. The van der Waals surface area contributed by atoms with Gasteiger partial charge in [-0.2, -0.15) is 0 Å². The second-order valence-electron chi connectivity index (χ2n) is 6.18. The van der Waals surface area contributed by atoms with Crippen molar-refractivity contribution in [3.63, 3.8) is 0 Å². The molecule has 1 aromatic heterocycles. The van der Waals surface area contributed by atoms with Crippen molar-refractivity contribution < 1.29 is 14.8 Å². The molecule has 0 bridgehead atoms. The summed E-state index contributed by atoms with van der Waals surface area (Å²) in [5.41, 5.74) is 0.940. The molecule has 0 saturated carbocycles. The van der Waals surface area contributed by atoms with E-state index in [0.29, 0.717) is 22.6 Å². The molecular formula is C20H15N3O5. The minimum absolute atomic E-state index is 0.0647. The Kier molecular flexibility index (Phi) is 4.08. The van der Waals surface area contributed by atoms with Crippen LogP contribution in [0.2, 0.25) is 0 Å². The molecule has 4 rings (SSSR count). The molecule has 0 aliphatic rings. The minimum Gasteiger partial charge on any atom is -0.508 e. The fourth-order valence-corrected chi connectivity index (χ4v) is 3.17. The van der Waals surface area contributed by atoms with E-state index in [1.807, 2.05) is 0 Å². The highest BCUT2D eigenvalue weighted by Gasteiger charge is 2.19. The van der Waals surface area contributed by atoms with Gasteiger partial charge >= 0.3 is 0 Å². The number of methoxy groups -OCH3 is 1. The average Bonchev–Trinajstić information content (AvgIpc) is 2.68. The molecule has 140 valence electrons. The van der Waals surface area contributed by atoms with E-state index in [2.05, 4.69) is 10.3 Å². The first kappa shape index (κ1) is 17.3. The number of nitrogens with one attached hydrogen (secondary N) is 2. The van der Waals surface area contributed by atoms with E-state index in [9.17, 15) is 20.0 Å². The number of aromatic amines is 1. The lowest BCUT2D eigenvalue weighted by molar-refractivity contribution is -0.383. The molecule has 0 atom stereocenters. The Morgan fingerprint density at radius 1 is 1.14 bits per heavy atom. The van der Waals surface area contributed by atoms with E-state index in [-0.39, 0.29) is 27.7 Å². The van der Waals surface area contributed by atoms with Crippen LogP contribution in [0.1, 0.15) is 0 Å². The van der Waals surface area contributed by atoms with Crippen LogP contribution in [0, 0.1) is 10.1 Å². The summed E-state index contributed by atoms with van der Waals surface area (Å²) in [6.45, 7) is 0. The Morgan fingerprint density at radius 2 is 1.96 bits per heavy atom. The Balaban J connectivity index is 2.02. The molecule has 0 aliphatic carbocycles. The topological polar surface area (TPSA) is 117 Å². The van der Waals surface area contributed by atoms with Crippen LogP contribution >= 0.6 is 0 Å². The van der Waals surface area contributed by atoms with Gasteiger partial charge in [-0.1, -0.05) is 6.07 Å². The number of aromatic hydroxyl groups is 1. The van der Waals surface area contributed by atoms with Gasteiger partial charge in [0.05, 0.1) is 28.6 Å². The minimum atomic E-state index is -0.542. The maximum absolute atomic E-state index is 13.1. The number of phenols is 1. The molecular weight excluding hydrogens is 362 g/mol. The number of hydrogen-bond donors (Lipinski definition) is 3. The number of anilines is 2. The van der Waals surface area contributed by atoms with Crippen LogP contribution in [0.3, 0.4) is 0 Å². The Bertz CT molecular complexity index is 1300. The van der Waals surface area contributed by atoms with E-state index in [4.69, 9.17) is 4.74 Å². The molecule has 3 N–H and O–H groups in total. The second kappa shape index (κ2) is 6.58. The van der Waals surface area contributed by atoms with E-state index in [0.717, 1.165) is 0 Å². The summed E-state index contributed by atoms with van der Waals surface area (Å²) in [5, 5.41) is 24.7. The van der Waals surface area contributed by atoms with Gasteiger partial charge in [-0.3, -0.25) is 14.9 Å². The molecule has 0 saturated heterocycles. The maximum atomic E-state index is 13.1. The zero-order valence-electron chi connectivity index (χ0n) is 14.7. The molecule has 0 spiro atoms. The Morgan fingerprint density at radius 3 is 2.71 bits per heavy atom. The van der Waals surface area contributed by atoms with Crippen LogP contribution in [-0.2, 0) is 0 Å². The van der Waals surface area contributed by atoms with Crippen molar-refractivity contribution >= 4 is 38.9 Å². The van der Waals surface area contributed by atoms with E-state index >= 15 is 0 Å². The maximum Gasteiger partial charge on any atom is 0.293 e. The number of ether oxygens (including phenoxy) is 1. The SMILES string of the molecule is COc1cccc(Nc2ccc([N+](=O)[O-])c3[nH]c4ccc(O)cc4c(=O)c23)c1.